The molecular formula is C11H9F13O3. The molecule has 0 rings (SSSR count). The van der Waals surface area contributed by atoms with Gasteiger partial charge in [-0.3, -0.25) is 0 Å². The first kappa shape index (κ1) is 25.5. The molecule has 0 saturated heterocycles. The van der Waals surface area contributed by atoms with E-state index in [-0.39, 0.29) is 0 Å². The lowest BCUT2D eigenvalue weighted by atomic mass is 9.91. The SMILES string of the molecule is CCOC(=O)C(O)CC(F)(F)C(F)(F)C(F)(F)C(F)(F)C(F)(F)C(F)(F)F. The van der Waals surface area contributed by atoms with Crippen molar-refractivity contribution in [2.24, 2.45) is 0 Å². The average Bonchev–Trinajstić information content (AvgIpc) is 2.44. The highest BCUT2D eigenvalue weighted by Crippen LogP contribution is 2.60. The van der Waals surface area contributed by atoms with E-state index in [0.29, 0.717) is 0 Å². The molecule has 0 spiro atoms. The van der Waals surface area contributed by atoms with E-state index in [1.807, 2.05) is 0 Å². The highest BCUT2D eigenvalue weighted by atomic mass is 19.4. The lowest BCUT2D eigenvalue weighted by Gasteiger charge is -2.40. The van der Waals surface area contributed by atoms with Gasteiger partial charge in [0.2, 0.25) is 0 Å². The Balaban J connectivity index is 6.05. The number of aliphatic hydroxyl groups is 1. The second-order valence-electron chi connectivity index (χ2n) is 4.97. The maximum absolute atomic E-state index is 13.3. The maximum atomic E-state index is 13.3. The summed E-state index contributed by atoms with van der Waals surface area (Å²) in [6, 6.07) is 0. The molecule has 27 heavy (non-hydrogen) atoms. The first-order valence-electron chi connectivity index (χ1n) is 6.42. The van der Waals surface area contributed by atoms with Crippen LogP contribution in [0.15, 0.2) is 0 Å². The fourth-order valence-corrected chi connectivity index (χ4v) is 1.49. The number of halogens is 13. The molecule has 0 aromatic carbocycles. The van der Waals surface area contributed by atoms with Crippen molar-refractivity contribution in [2.45, 2.75) is 55.2 Å². The first-order valence-corrected chi connectivity index (χ1v) is 6.42. The van der Waals surface area contributed by atoms with Gasteiger partial charge in [0.05, 0.1) is 13.0 Å². The number of carbonyl (C=O) groups excluding carboxylic acids is 1. The van der Waals surface area contributed by atoms with Crippen molar-refractivity contribution in [3.8, 4) is 0 Å². The zero-order valence-electron chi connectivity index (χ0n) is 12.7. The highest BCUT2D eigenvalue weighted by Gasteiger charge is 2.90. The number of carbonyl (C=O) groups is 1. The smallest absolute Gasteiger partial charge is 0.460 e. The molecule has 162 valence electrons. The van der Waals surface area contributed by atoms with E-state index in [9.17, 15) is 61.9 Å². The summed E-state index contributed by atoms with van der Waals surface area (Å²) in [4.78, 5) is 10.8. The van der Waals surface area contributed by atoms with E-state index in [1.165, 1.54) is 0 Å². The number of ether oxygens (including phenoxy) is 1. The van der Waals surface area contributed by atoms with E-state index < -0.39 is 60.9 Å². The second kappa shape index (κ2) is 7.16. The summed E-state index contributed by atoms with van der Waals surface area (Å²) in [6.07, 6.45) is -13.9. The van der Waals surface area contributed by atoms with Crippen LogP contribution in [0.4, 0.5) is 57.1 Å². The zero-order valence-corrected chi connectivity index (χ0v) is 12.7. The largest absolute Gasteiger partial charge is 0.464 e. The Morgan fingerprint density at radius 3 is 1.48 bits per heavy atom. The molecule has 0 heterocycles. The number of rotatable bonds is 8. The molecule has 3 nitrogen and oxygen atoms in total. The van der Waals surface area contributed by atoms with Crippen LogP contribution in [0.3, 0.4) is 0 Å². The molecule has 1 N–H and O–H groups in total. The molecule has 0 aliphatic rings. The second-order valence-corrected chi connectivity index (χ2v) is 4.97. The summed E-state index contributed by atoms with van der Waals surface area (Å²) in [5.74, 6) is -40.0. The molecule has 0 fully saturated rings. The number of aliphatic hydroxyl groups excluding tert-OH is 1. The monoisotopic (exact) mass is 436 g/mol. The van der Waals surface area contributed by atoms with Gasteiger partial charge in [0.15, 0.2) is 6.10 Å². The molecule has 0 aliphatic carbocycles. The minimum absolute atomic E-state index is 0.635. The summed E-state index contributed by atoms with van der Waals surface area (Å²) in [5, 5.41) is 8.86. The molecule has 1 atom stereocenters. The summed E-state index contributed by atoms with van der Waals surface area (Å²) < 4.78 is 170. The van der Waals surface area contributed by atoms with Crippen LogP contribution in [-0.4, -0.2) is 59.6 Å². The number of hydrogen-bond acceptors (Lipinski definition) is 3. The maximum Gasteiger partial charge on any atom is 0.460 e. The van der Waals surface area contributed by atoms with Gasteiger partial charge in [-0.25, -0.2) is 4.79 Å². The highest BCUT2D eigenvalue weighted by molar-refractivity contribution is 5.74. The van der Waals surface area contributed by atoms with Gasteiger partial charge in [-0.1, -0.05) is 0 Å². The number of hydrogen-bond donors (Lipinski definition) is 1. The van der Waals surface area contributed by atoms with Crippen molar-refractivity contribution in [3.63, 3.8) is 0 Å². The first-order chi connectivity index (χ1) is 11.6. The lowest BCUT2D eigenvalue weighted by molar-refractivity contribution is -0.440. The van der Waals surface area contributed by atoms with Crippen LogP contribution < -0.4 is 0 Å². The van der Waals surface area contributed by atoms with Crippen LogP contribution in [0, 0.1) is 0 Å². The van der Waals surface area contributed by atoms with E-state index in [0.717, 1.165) is 6.92 Å². The number of esters is 1. The minimum Gasteiger partial charge on any atom is -0.464 e. The van der Waals surface area contributed by atoms with E-state index in [4.69, 9.17) is 5.11 Å². The Bertz CT molecular complexity index is 540. The van der Waals surface area contributed by atoms with Gasteiger partial charge in [-0.2, -0.15) is 57.1 Å². The molecule has 0 radical (unpaired) electrons. The summed E-state index contributed by atoms with van der Waals surface area (Å²) >= 11 is 0. The van der Waals surface area contributed by atoms with Crippen molar-refractivity contribution in [1.29, 1.82) is 0 Å². The Hall–Kier alpha value is -1.48. The van der Waals surface area contributed by atoms with Crippen LogP contribution >= 0.6 is 0 Å². The Kier molecular flexibility index (Phi) is 6.77. The predicted molar refractivity (Wildman–Crippen MR) is 58.0 cm³/mol. The molecule has 0 saturated carbocycles. The third kappa shape index (κ3) is 4.03. The third-order valence-corrected chi connectivity index (χ3v) is 3.01. The summed E-state index contributed by atoms with van der Waals surface area (Å²) in [6.45, 7) is 0.384. The zero-order chi connectivity index (χ0) is 22.3. The predicted octanol–water partition coefficient (Wildman–Crippen LogP) is 4.04. The van der Waals surface area contributed by atoms with E-state index in [2.05, 4.69) is 4.74 Å². The van der Waals surface area contributed by atoms with Crippen molar-refractivity contribution < 1.29 is 71.7 Å². The molecule has 0 aromatic heterocycles. The van der Waals surface area contributed by atoms with E-state index in [1.54, 1.807) is 0 Å². The van der Waals surface area contributed by atoms with Crippen molar-refractivity contribution in [1.82, 2.24) is 0 Å². The summed E-state index contributed by atoms with van der Waals surface area (Å²) in [7, 11) is 0. The van der Waals surface area contributed by atoms with Crippen molar-refractivity contribution >= 4 is 5.97 Å². The molecule has 16 heteroatoms. The van der Waals surface area contributed by atoms with Crippen LogP contribution in [0.5, 0.6) is 0 Å². The van der Waals surface area contributed by atoms with Crippen LogP contribution in [0.2, 0.25) is 0 Å². The minimum atomic E-state index is -8.03. The Labute approximate surface area is 141 Å². The van der Waals surface area contributed by atoms with Gasteiger partial charge >= 0.3 is 41.8 Å². The van der Waals surface area contributed by atoms with Gasteiger partial charge in [0.1, 0.15) is 0 Å². The van der Waals surface area contributed by atoms with Gasteiger partial charge in [0, 0.05) is 0 Å². The van der Waals surface area contributed by atoms with Gasteiger partial charge in [-0.15, -0.1) is 0 Å². The van der Waals surface area contributed by atoms with Crippen molar-refractivity contribution in [2.75, 3.05) is 6.61 Å². The average molecular weight is 436 g/mol. The quantitative estimate of drug-likeness (QED) is 0.462. The fraction of sp³-hybridized carbons (Fsp3) is 0.909. The lowest BCUT2D eigenvalue weighted by Crippen LogP contribution is -2.70. The molecule has 0 bridgehead atoms. The fourth-order valence-electron chi connectivity index (χ4n) is 1.49. The van der Waals surface area contributed by atoms with Gasteiger partial charge in [0.25, 0.3) is 0 Å². The van der Waals surface area contributed by atoms with Crippen LogP contribution in [0.1, 0.15) is 13.3 Å². The molecule has 1 unspecified atom stereocenters. The molecular weight excluding hydrogens is 427 g/mol. The van der Waals surface area contributed by atoms with Gasteiger partial charge in [-0.05, 0) is 6.92 Å². The Morgan fingerprint density at radius 2 is 1.15 bits per heavy atom. The van der Waals surface area contributed by atoms with Crippen molar-refractivity contribution in [3.05, 3.63) is 0 Å². The molecule has 0 amide bonds. The van der Waals surface area contributed by atoms with Gasteiger partial charge < -0.3 is 9.84 Å². The Morgan fingerprint density at radius 1 is 0.778 bits per heavy atom. The standard InChI is InChI=1S/C11H9F13O3/c1-2-27-5(26)4(25)3-6(12,13)7(14,15)8(16,17)9(18,19)10(20,21)11(22,23)24/h4,25H,2-3H2,1H3. The molecule has 0 aromatic rings. The van der Waals surface area contributed by atoms with Crippen LogP contribution in [0.25, 0.3) is 0 Å². The van der Waals surface area contributed by atoms with Crippen LogP contribution in [-0.2, 0) is 9.53 Å². The number of alkyl halides is 13. The van der Waals surface area contributed by atoms with E-state index >= 15 is 0 Å². The third-order valence-electron chi connectivity index (χ3n) is 3.01. The molecule has 0 aliphatic heterocycles. The normalized spacial score (nSPS) is 16.3. The summed E-state index contributed by atoms with van der Waals surface area (Å²) in [5.41, 5.74) is 0. The topological polar surface area (TPSA) is 46.5 Å².